The van der Waals surface area contributed by atoms with E-state index in [2.05, 4.69) is 4.74 Å². The Kier molecular flexibility index (Phi) is 3.71. The number of alkyl halides is 3. The molecule has 1 unspecified atom stereocenters. The van der Waals surface area contributed by atoms with Crippen molar-refractivity contribution in [1.29, 1.82) is 0 Å². The van der Waals surface area contributed by atoms with Crippen LogP contribution in [0.15, 0.2) is 0 Å². The highest BCUT2D eigenvalue weighted by Crippen LogP contribution is 2.33. The Morgan fingerprint density at radius 1 is 1.38 bits per heavy atom. The van der Waals surface area contributed by atoms with Gasteiger partial charge in [0.2, 0.25) is 5.60 Å². The number of likely N-dealkylation sites (N-methyl/N-ethyl adjacent to an activating group) is 1. The molecule has 0 fully saturated rings. The maximum atomic E-state index is 12.3. The third kappa shape index (κ3) is 3.22. The maximum Gasteiger partial charge on any atom is 0.429 e. The van der Waals surface area contributed by atoms with Gasteiger partial charge in [-0.25, -0.2) is 0 Å². The molecule has 0 N–H and O–H groups in total. The van der Waals surface area contributed by atoms with Crippen molar-refractivity contribution < 1.29 is 22.7 Å². The van der Waals surface area contributed by atoms with Crippen LogP contribution < -0.4 is 0 Å². The molecule has 0 aliphatic carbocycles. The van der Waals surface area contributed by atoms with E-state index in [9.17, 15) is 18.0 Å². The molecule has 0 bridgehead atoms. The molecule has 0 saturated carbocycles. The predicted molar refractivity (Wildman–Crippen MR) is 40.2 cm³/mol. The van der Waals surface area contributed by atoms with Gasteiger partial charge in [-0.3, -0.25) is 4.79 Å². The van der Waals surface area contributed by atoms with Gasteiger partial charge in [-0.1, -0.05) is 0 Å². The lowest BCUT2D eigenvalue weighted by atomic mass is 10.1. The minimum absolute atomic E-state index is 0.184. The molecule has 78 valence electrons. The summed E-state index contributed by atoms with van der Waals surface area (Å²) in [5, 5.41) is 0. The molecule has 0 amide bonds. The van der Waals surface area contributed by atoms with E-state index in [0.29, 0.717) is 0 Å². The van der Waals surface area contributed by atoms with Gasteiger partial charge >= 0.3 is 6.18 Å². The van der Waals surface area contributed by atoms with Crippen molar-refractivity contribution in [1.82, 2.24) is 4.90 Å². The second-order valence-corrected chi connectivity index (χ2v) is 3.18. The van der Waals surface area contributed by atoms with Gasteiger partial charge in [-0.2, -0.15) is 13.2 Å². The molecule has 3 nitrogen and oxygen atoms in total. The van der Waals surface area contributed by atoms with Gasteiger partial charge < -0.3 is 9.64 Å². The number of ether oxygens (including phenoxy) is 1. The van der Waals surface area contributed by atoms with Crippen LogP contribution >= 0.6 is 0 Å². The number of carbonyl (C=O) groups excluding carboxylic acids is 1. The summed E-state index contributed by atoms with van der Waals surface area (Å²) in [6.07, 6.45) is -4.56. The normalized spacial score (nSPS) is 16.8. The summed E-state index contributed by atoms with van der Waals surface area (Å²) in [6.45, 7) is 0.258. The van der Waals surface area contributed by atoms with E-state index >= 15 is 0 Å². The molecular formula is C7H12F3NO2. The maximum absolute atomic E-state index is 12.3. The molecule has 0 aromatic carbocycles. The smallest absolute Gasteiger partial charge is 0.429 e. The van der Waals surface area contributed by atoms with Crippen LogP contribution in [0.4, 0.5) is 13.2 Å². The van der Waals surface area contributed by atoms with E-state index < -0.39 is 18.3 Å². The molecule has 6 heteroatoms. The molecule has 0 aromatic rings. The minimum atomic E-state index is -4.56. The summed E-state index contributed by atoms with van der Waals surface area (Å²) in [7, 11) is 2.94. The summed E-state index contributed by atoms with van der Waals surface area (Å²) in [6, 6.07) is 0. The first kappa shape index (κ1) is 12.2. The molecule has 1 atom stereocenters. The topological polar surface area (TPSA) is 29.5 Å². The van der Waals surface area contributed by atoms with Crippen molar-refractivity contribution in [3.8, 4) is 0 Å². The highest BCUT2D eigenvalue weighted by molar-refractivity contribution is 5.38. The van der Waals surface area contributed by atoms with E-state index in [4.69, 9.17) is 0 Å². The quantitative estimate of drug-likeness (QED) is 0.633. The number of hydrogen-bond donors (Lipinski definition) is 0. The number of rotatable bonds is 4. The lowest BCUT2D eigenvalue weighted by Crippen LogP contribution is -2.51. The summed E-state index contributed by atoms with van der Waals surface area (Å²) in [4.78, 5) is 11.2. The molecule has 0 rings (SSSR count). The fraction of sp³-hybridized carbons (Fsp3) is 0.857. The summed E-state index contributed by atoms with van der Waals surface area (Å²) < 4.78 is 41.1. The zero-order chi connectivity index (χ0) is 10.7. The Morgan fingerprint density at radius 2 is 1.85 bits per heavy atom. The first-order valence-corrected chi connectivity index (χ1v) is 3.56. The second kappa shape index (κ2) is 3.95. The van der Waals surface area contributed by atoms with Gasteiger partial charge in [0.25, 0.3) is 6.47 Å². The Hall–Kier alpha value is -0.780. The molecule has 0 heterocycles. The zero-order valence-corrected chi connectivity index (χ0v) is 7.68. The highest BCUT2D eigenvalue weighted by atomic mass is 19.4. The van der Waals surface area contributed by atoms with Gasteiger partial charge in [-0.15, -0.1) is 0 Å². The van der Waals surface area contributed by atoms with E-state index in [1.807, 2.05) is 0 Å². The summed E-state index contributed by atoms with van der Waals surface area (Å²) in [5.74, 6) is 0. The number of carbonyl (C=O) groups is 1. The fourth-order valence-electron chi connectivity index (χ4n) is 0.903. The van der Waals surface area contributed by atoms with Crippen molar-refractivity contribution >= 4 is 6.47 Å². The van der Waals surface area contributed by atoms with E-state index in [1.54, 1.807) is 0 Å². The average Bonchev–Trinajstić information content (AvgIpc) is 1.82. The Balaban J connectivity index is 4.62. The molecule has 0 saturated heterocycles. The Bertz CT molecular complexity index is 181. The molecular weight excluding hydrogens is 187 g/mol. The molecule has 0 spiro atoms. The van der Waals surface area contributed by atoms with Crippen molar-refractivity contribution in [2.75, 3.05) is 20.6 Å². The van der Waals surface area contributed by atoms with Crippen molar-refractivity contribution in [2.45, 2.75) is 18.7 Å². The highest BCUT2D eigenvalue weighted by Gasteiger charge is 2.53. The van der Waals surface area contributed by atoms with Gasteiger partial charge in [0.05, 0.1) is 0 Å². The first-order valence-electron chi connectivity index (χ1n) is 3.56. The molecule has 0 aliphatic rings. The molecule has 0 aromatic heterocycles. The monoisotopic (exact) mass is 199 g/mol. The lowest BCUT2D eigenvalue weighted by molar-refractivity contribution is -0.261. The van der Waals surface area contributed by atoms with Crippen LogP contribution in [0.25, 0.3) is 0 Å². The largest absolute Gasteiger partial charge is 0.450 e. The van der Waals surface area contributed by atoms with Crippen LogP contribution in [0.2, 0.25) is 0 Å². The summed E-state index contributed by atoms with van der Waals surface area (Å²) in [5.41, 5.74) is -2.43. The Morgan fingerprint density at radius 3 is 2.08 bits per heavy atom. The molecule has 0 radical (unpaired) electrons. The standard InChI is InChI=1S/C7H12F3NO2/c1-6(13-5-12,4-11(2)3)7(8,9)10/h5H,4H2,1-3H3. The Labute approximate surface area is 74.5 Å². The summed E-state index contributed by atoms with van der Waals surface area (Å²) >= 11 is 0. The lowest BCUT2D eigenvalue weighted by Gasteiger charge is -2.32. The number of nitrogens with zero attached hydrogens (tertiary/aromatic N) is 1. The predicted octanol–water partition coefficient (Wildman–Crippen LogP) is 1.04. The van der Waals surface area contributed by atoms with Gasteiger partial charge in [-0.05, 0) is 21.0 Å². The van der Waals surface area contributed by atoms with Crippen LogP contribution in [-0.4, -0.2) is 43.8 Å². The third-order valence-electron chi connectivity index (χ3n) is 1.53. The van der Waals surface area contributed by atoms with E-state index in [1.165, 1.54) is 19.0 Å². The van der Waals surface area contributed by atoms with Crippen LogP contribution in [-0.2, 0) is 9.53 Å². The number of hydrogen-bond acceptors (Lipinski definition) is 3. The van der Waals surface area contributed by atoms with Gasteiger partial charge in [0, 0.05) is 6.54 Å². The van der Waals surface area contributed by atoms with Gasteiger partial charge in [0.1, 0.15) is 0 Å². The fourth-order valence-corrected chi connectivity index (χ4v) is 0.903. The van der Waals surface area contributed by atoms with E-state index in [0.717, 1.165) is 6.92 Å². The van der Waals surface area contributed by atoms with Crippen molar-refractivity contribution in [3.05, 3.63) is 0 Å². The van der Waals surface area contributed by atoms with Crippen molar-refractivity contribution in [2.24, 2.45) is 0 Å². The second-order valence-electron chi connectivity index (χ2n) is 3.18. The SMILES string of the molecule is CN(C)CC(C)(OC=O)C(F)(F)F. The van der Waals surface area contributed by atoms with Crippen LogP contribution in [0.3, 0.4) is 0 Å². The molecule has 0 aliphatic heterocycles. The first-order chi connectivity index (χ1) is 5.73. The molecule has 13 heavy (non-hydrogen) atoms. The minimum Gasteiger partial charge on any atom is -0.450 e. The van der Waals surface area contributed by atoms with Crippen LogP contribution in [0, 0.1) is 0 Å². The van der Waals surface area contributed by atoms with Gasteiger partial charge in [0.15, 0.2) is 0 Å². The zero-order valence-electron chi connectivity index (χ0n) is 7.68. The van der Waals surface area contributed by atoms with E-state index in [-0.39, 0.29) is 6.47 Å². The number of halogens is 3. The van der Waals surface area contributed by atoms with Crippen LogP contribution in [0.5, 0.6) is 0 Å². The van der Waals surface area contributed by atoms with Crippen molar-refractivity contribution in [3.63, 3.8) is 0 Å². The third-order valence-corrected chi connectivity index (χ3v) is 1.53. The van der Waals surface area contributed by atoms with Crippen LogP contribution in [0.1, 0.15) is 6.92 Å². The average molecular weight is 199 g/mol.